The molecule has 198 valence electrons. The molecule has 2 aromatic heterocycles. The summed E-state index contributed by atoms with van der Waals surface area (Å²) in [5.74, 6) is 0.812. The molecule has 38 heavy (non-hydrogen) atoms. The average Bonchev–Trinajstić information content (AvgIpc) is 3.46. The maximum absolute atomic E-state index is 13.8. The number of pyridine rings is 1. The number of hydrogen-bond donors (Lipinski definition) is 1. The molecule has 2 aromatic carbocycles. The van der Waals surface area contributed by atoms with Crippen molar-refractivity contribution in [2.24, 2.45) is 0 Å². The Morgan fingerprint density at radius 2 is 1.87 bits per heavy atom. The van der Waals surface area contributed by atoms with Crippen molar-refractivity contribution >= 4 is 32.5 Å². The van der Waals surface area contributed by atoms with Crippen LogP contribution in [-0.2, 0) is 16.3 Å². The van der Waals surface area contributed by atoms with Gasteiger partial charge in [0.25, 0.3) is 5.91 Å². The molecule has 1 unspecified atom stereocenters. The van der Waals surface area contributed by atoms with Crippen molar-refractivity contribution in [3.63, 3.8) is 0 Å². The standard InChI is InChI=1S/C28H30N4O5S/c1-5-18-6-8-19(9-7-18)23-15-22(28(33)30-24-14-21(36-3)10-11-25(24)37-4)26-17(2)31-32(27(26)29-23)20-12-13-38(34,35)16-20/h6-11,14-15,20H,5,12-13,16H2,1-4H3,(H,30,33). The molecule has 0 saturated carbocycles. The van der Waals surface area contributed by atoms with E-state index in [-0.39, 0.29) is 23.5 Å². The number of fused-ring (bicyclic) bond motifs is 1. The number of aryl methyl sites for hydroxylation is 2. The van der Waals surface area contributed by atoms with Gasteiger partial charge in [0.15, 0.2) is 15.5 Å². The quantitative estimate of drug-likeness (QED) is 0.369. The van der Waals surface area contributed by atoms with Gasteiger partial charge in [-0.05, 0) is 43.5 Å². The van der Waals surface area contributed by atoms with Gasteiger partial charge >= 0.3 is 0 Å². The molecule has 1 fully saturated rings. The smallest absolute Gasteiger partial charge is 0.256 e. The predicted octanol–water partition coefficient (Wildman–Crippen LogP) is 4.60. The second kappa shape index (κ2) is 10.1. The first-order valence-electron chi connectivity index (χ1n) is 12.5. The zero-order valence-corrected chi connectivity index (χ0v) is 22.6. The number of nitrogens with zero attached hydrogens (tertiary/aromatic N) is 3. The van der Waals surface area contributed by atoms with Gasteiger partial charge in [-0.2, -0.15) is 5.10 Å². The minimum atomic E-state index is -3.15. The SMILES string of the molecule is CCc1ccc(-c2cc(C(=O)Nc3cc(OC)ccc3OC)c3c(C)nn(C4CCS(=O)(=O)C4)c3n2)cc1. The molecule has 3 heterocycles. The lowest BCUT2D eigenvalue weighted by Gasteiger charge is -2.14. The number of benzene rings is 2. The number of anilines is 1. The van der Waals surface area contributed by atoms with E-state index in [0.29, 0.717) is 51.6 Å². The number of nitrogens with one attached hydrogen (secondary N) is 1. The Balaban J connectivity index is 1.66. The van der Waals surface area contributed by atoms with Crippen molar-refractivity contribution in [1.82, 2.24) is 14.8 Å². The Hall–Kier alpha value is -3.92. The van der Waals surface area contributed by atoms with Gasteiger partial charge in [0, 0.05) is 11.6 Å². The van der Waals surface area contributed by atoms with Gasteiger partial charge in [-0.1, -0.05) is 31.2 Å². The third-order valence-electron chi connectivity index (χ3n) is 6.95. The highest BCUT2D eigenvalue weighted by Crippen LogP contribution is 2.34. The van der Waals surface area contributed by atoms with Crippen LogP contribution < -0.4 is 14.8 Å². The zero-order valence-electron chi connectivity index (χ0n) is 21.8. The summed E-state index contributed by atoms with van der Waals surface area (Å²) < 4.78 is 36.9. The Labute approximate surface area is 221 Å². The van der Waals surface area contributed by atoms with Gasteiger partial charge in [-0.3, -0.25) is 4.79 Å². The number of rotatable bonds is 7. The predicted molar refractivity (Wildman–Crippen MR) is 147 cm³/mol. The largest absolute Gasteiger partial charge is 0.497 e. The van der Waals surface area contributed by atoms with Crippen molar-refractivity contribution in [3.05, 3.63) is 65.4 Å². The molecule has 0 radical (unpaired) electrons. The summed E-state index contributed by atoms with van der Waals surface area (Å²) in [6, 6.07) is 14.6. The van der Waals surface area contributed by atoms with E-state index in [1.165, 1.54) is 12.7 Å². The number of aromatic nitrogens is 3. The molecule has 1 saturated heterocycles. The summed E-state index contributed by atoms with van der Waals surface area (Å²) in [6.45, 7) is 3.90. The maximum atomic E-state index is 13.8. The lowest BCUT2D eigenvalue weighted by molar-refractivity contribution is 0.102. The molecule has 1 atom stereocenters. The Morgan fingerprint density at radius 3 is 2.50 bits per heavy atom. The fourth-order valence-electron chi connectivity index (χ4n) is 4.88. The van der Waals surface area contributed by atoms with Crippen LogP contribution in [0.15, 0.2) is 48.5 Å². The van der Waals surface area contributed by atoms with Gasteiger partial charge < -0.3 is 14.8 Å². The fourth-order valence-corrected chi connectivity index (χ4v) is 6.57. The first-order valence-corrected chi connectivity index (χ1v) is 14.3. The number of amides is 1. The van der Waals surface area contributed by atoms with Crippen molar-refractivity contribution in [1.29, 1.82) is 0 Å². The Morgan fingerprint density at radius 1 is 1.11 bits per heavy atom. The minimum absolute atomic E-state index is 0.00284. The molecular formula is C28H30N4O5S. The number of carbonyl (C=O) groups excluding carboxylic acids is 1. The molecular weight excluding hydrogens is 504 g/mol. The summed E-state index contributed by atoms with van der Waals surface area (Å²) in [7, 11) is -0.0639. The molecule has 1 aliphatic heterocycles. The molecule has 1 N–H and O–H groups in total. The van der Waals surface area contributed by atoms with Crippen LogP contribution in [0.5, 0.6) is 11.5 Å². The Bertz CT molecular complexity index is 1630. The number of sulfone groups is 1. The van der Waals surface area contributed by atoms with E-state index >= 15 is 0 Å². The van der Waals surface area contributed by atoms with E-state index in [9.17, 15) is 13.2 Å². The highest BCUT2D eigenvalue weighted by atomic mass is 32.2. The summed E-state index contributed by atoms with van der Waals surface area (Å²) in [5.41, 5.74) is 4.58. The Kier molecular flexibility index (Phi) is 6.83. The summed E-state index contributed by atoms with van der Waals surface area (Å²) >= 11 is 0. The van der Waals surface area contributed by atoms with Crippen LogP contribution in [0.1, 0.15) is 41.0 Å². The molecule has 0 spiro atoms. The number of hydrogen-bond acceptors (Lipinski definition) is 7. The summed E-state index contributed by atoms with van der Waals surface area (Å²) in [5, 5.41) is 8.22. The van der Waals surface area contributed by atoms with Crippen LogP contribution in [0.25, 0.3) is 22.3 Å². The monoisotopic (exact) mass is 534 g/mol. The molecule has 5 rings (SSSR count). The van der Waals surface area contributed by atoms with Crippen molar-refractivity contribution in [3.8, 4) is 22.8 Å². The third kappa shape index (κ3) is 4.83. The first kappa shape index (κ1) is 25.7. The molecule has 0 bridgehead atoms. The number of methoxy groups -OCH3 is 2. The van der Waals surface area contributed by atoms with E-state index in [1.54, 1.807) is 36.1 Å². The zero-order chi connectivity index (χ0) is 27.0. The molecule has 1 aliphatic rings. The van der Waals surface area contributed by atoms with E-state index in [2.05, 4.69) is 17.3 Å². The van der Waals surface area contributed by atoms with Gasteiger partial charge in [0.05, 0.1) is 59.8 Å². The third-order valence-corrected chi connectivity index (χ3v) is 8.70. The van der Waals surface area contributed by atoms with Crippen molar-refractivity contribution in [2.75, 3.05) is 31.0 Å². The van der Waals surface area contributed by atoms with E-state index in [4.69, 9.17) is 14.5 Å². The van der Waals surface area contributed by atoms with Crippen molar-refractivity contribution in [2.45, 2.75) is 32.7 Å². The van der Waals surface area contributed by atoms with Gasteiger partial charge in [-0.15, -0.1) is 0 Å². The van der Waals surface area contributed by atoms with Gasteiger partial charge in [0.2, 0.25) is 0 Å². The highest BCUT2D eigenvalue weighted by Gasteiger charge is 2.32. The van der Waals surface area contributed by atoms with E-state index in [0.717, 1.165) is 12.0 Å². The van der Waals surface area contributed by atoms with Crippen LogP contribution in [0.2, 0.25) is 0 Å². The topological polar surface area (TPSA) is 112 Å². The van der Waals surface area contributed by atoms with Gasteiger partial charge in [0.1, 0.15) is 11.5 Å². The lowest BCUT2D eigenvalue weighted by atomic mass is 10.0. The van der Waals surface area contributed by atoms with Gasteiger partial charge in [-0.25, -0.2) is 18.1 Å². The molecule has 9 nitrogen and oxygen atoms in total. The number of ether oxygens (including phenoxy) is 2. The average molecular weight is 535 g/mol. The summed E-state index contributed by atoms with van der Waals surface area (Å²) in [4.78, 5) is 18.7. The number of carbonyl (C=O) groups is 1. The van der Waals surface area contributed by atoms with E-state index in [1.807, 2.05) is 31.2 Å². The molecule has 4 aromatic rings. The lowest BCUT2D eigenvalue weighted by Crippen LogP contribution is -2.15. The van der Waals surface area contributed by atoms with Crippen LogP contribution in [0.3, 0.4) is 0 Å². The molecule has 1 amide bonds. The van der Waals surface area contributed by atoms with Crippen LogP contribution >= 0.6 is 0 Å². The highest BCUT2D eigenvalue weighted by molar-refractivity contribution is 7.91. The molecule has 10 heteroatoms. The van der Waals surface area contributed by atoms with Crippen LogP contribution in [-0.4, -0.2) is 54.8 Å². The van der Waals surface area contributed by atoms with E-state index < -0.39 is 9.84 Å². The fraction of sp³-hybridized carbons (Fsp3) is 0.321. The normalized spacial score (nSPS) is 16.5. The second-order valence-electron chi connectivity index (χ2n) is 9.41. The first-order chi connectivity index (χ1) is 18.2. The van der Waals surface area contributed by atoms with Crippen LogP contribution in [0.4, 0.5) is 5.69 Å². The molecule has 0 aliphatic carbocycles. The van der Waals surface area contributed by atoms with Crippen molar-refractivity contribution < 1.29 is 22.7 Å². The minimum Gasteiger partial charge on any atom is -0.497 e. The maximum Gasteiger partial charge on any atom is 0.256 e. The summed E-state index contributed by atoms with van der Waals surface area (Å²) in [6.07, 6.45) is 1.36. The second-order valence-corrected chi connectivity index (χ2v) is 11.6. The van der Waals surface area contributed by atoms with Crippen LogP contribution in [0, 0.1) is 6.92 Å².